The summed E-state index contributed by atoms with van der Waals surface area (Å²) in [6.07, 6.45) is 13.0. The Morgan fingerprint density at radius 2 is 1.77 bits per heavy atom. The van der Waals surface area contributed by atoms with Crippen LogP contribution in [0.1, 0.15) is 65.2 Å². The van der Waals surface area contributed by atoms with Gasteiger partial charge in [0, 0.05) is 17.9 Å². The lowest BCUT2D eigenvalue weighted by Crippen LogP contribution is -2.45. The van der Waals surface area contributed by atoms with Gasteiger partial charge in [-0.3, -0.25) is 10.1 Å². The zero-order valence-corrected chi connectivity index (χ0v) is 16.8. The molecule has 0 saturated carbocycles. The molecular formula is C21H38N4O. The third-order valence-corrected chi connectivity index (χ3v) is 4.80. The van der Waals surface area contributed by atoms with Gasteiger partial charge >= 0.3 is 0 Å². The van der Waals surface area contributed by atoms with Crippen LogP contribution in [0.25, 0.3) is 0 Å². The molecule has 1 unspecified atom stereocenters. The monoisotopic (exact) mass is 362 g/mol. The molecular weight excluding hydrogens is 324 g/mol. The van der Waals surface area contributed by atoms with Gasteiger partial charge in [-0.2, -0.15) is 0 Å². The molecule has 1 rings (SSSR count). The van der Waals surface area contributed by atoms with Crippen molar-refractivity contribution in [2.45, 2.75) is 71.4 Å². The Morgan fingerprint density at radius 3 is 2.27 bits per heavy atom. The van der Waals surface area contributed by atoms with E-state index in [0.29, 0.717) is 6.67 Å². The minimum Gasteiger partial charge on any atom is -0.368 e. The number of rotatable bonds is 15. The molecule has 0 fully saturated rings. The second kappa shape index (κ2) is 12.6. The van der Waals surface area contributed by atoms with Gasteiger partial charge in [0.05, 0.1) is 13.2 Å². The molecule has 0 aromatic rings. The van der Waals surface area contributed by atoms with Crippen LogP contribution < -0.4 is 11.1 Å². The molecule has 0 spiro atoms. The fourth-order valence-corrected chi connectivity index (χ4v) is 3.49. The van der Waals surface area contributed by atoms with Crippen LogP contribution in [0, 0.1) is 0 Å². The molecule has 1 aliphatic heterocycles. The first-order chi connectivity index (χ1) is 12.6. The van der Waals surface area contributed by atoms with Crippen molar-refractivity contribution in [1.29, 1.82) is 0 Å². The number of nitrogens with one attached hydrogen (secondary N) is 1. The largest absolute Gasteiger partial charge is 0.368 e. The highest BCUT2D eigenvalue weighted by Gasteiger charge is 2.31. The molecule has 0 aliphatic carbocycles. The number of primary amides is 1. The van der Waals surface area contributed by atoms with Crippen LogP contribution in [0.5, 0.6) is 0 Å². The summed E-state index contributed by atoms with van der Waals surface area (Å²) in [6, 6.07) is 0. The molecule has 5 nitrogen and oxygen atoms in total. The number of hydrogen-bond donors (Lipinski definition) is 2. The Kier molecular flexibility index (Phi) is 10.8. The first kappa shape index (κ1) is 22.3. The van der Waals surface area contributed by atoms with Gasteiger partial charge in [-0.25, -0.2) is 0 Å². The lowest BCUT2D eigenvalue weighted by atomic mass is 10.1. The maximum Gasteiger partial charge on any atom is 0.237 e. The summed E-state index contributed by atoms with van der Waals surface area (Å²) in [5, 5.41) is 3.46. The topological polar surface area (TPSA) is 61.6 Å². The molecule has 148 valence electrons. The van der Waals surface area contributed by atoms with E-state index in [1.54, 1.807) is 0 Å². The molecule has 5 heteroatoms. The molecule has 1 atom stereocenters. The first-order valence-corrected chi connectivity index (χ1v) is 10.1. The van der Waals surface area contributed by atoms with Crippen molar-refractivity contribution in [3.8, 4) is 0 Å². The maximum absolute atomic E-state index is 11.6. The van der Waals surface area contributed by atoms with E-state index in [4.69, 9.17) is 5.73 Å². The van der Waals surface area contributed by atoms with Gasteiger partial charge in [0.2, 0.25) is 5.91 Å². The fourth-order valence-electron chi connectivity index (χ4n) is 3.49. The van der Waals surface area contributed by atoms with Gasteiger partial charge in [0.1, 0.15) is 6.17 Å². The summed E-state index contributed by atoms with van der Waals surface area (Å²) in [6.45, 7) is 13.9. The molecule has 26 heavy (non-hydrogen) atoms. The quantitative estimate of drug-likeness (QED) is 0.344. The van der Waals surface area contributed by atoms with Crippen molar-refractivity contribution in [3.63, 3.8) is 0 Å². The Morgan fingerprint density at radius 1 is 1.15 bits per heavy atom. The Labute approximate surface area is 160 Å². The molecule has 1 amide bonds. The fraction of sp³-hybridized carbons (Fsp3) is 0.667. The number of amides is 1. The number of nitrogens with zero attached hydrogens (tertiary/aromatic N) is 2. The van der Waals surface area contributed by atoms with Crippen molar-refractivity contribution in [2.75, 3.05) is 19.8 Å². The van der Waals surface area contributed by atoms with Crippen molar-refractivity contribution < 1.29 is 4.79 Å². The maximum atomic E-state index is 11.6. The Hall–Kier alpha value is -1.75. The summed E-state index contributed by atoms with van der Waals surface area (Å²) in [7, 11) is 0. The smallest absolute Gasteiger partial charge is 0.237 e. The van der Waals surface area contributed by atoms with Crippen LogP contribution in [-0.4, -0.2) is 41.6 Å². The minimum atomic E-state index is -0.276. The third-order valence-electron chi connectivity index (χ3n) is 4.80. The Balaban J connectivity index is 3.08. The molecule has 0 saturated heterocycles. The van der Waals surface area contributed by atoms with Crippen LogP contribution >= 0.6 is 0 Å². The Bertz CT molecular complexity index is 486. The summed E-state index contributed by atoms with van der Waals surface area (Å²) in [5.41, 5.74) is 8.16. The summed E-state index contributed by atoms with van der Waals surface area (Å²) >= 11 is 0. The van der Waals surface area contributed by atoms with E-state index in [-0.39, 0.29) is 18.6 Å². The number of nitrogens with two attached hydrogens (primary N) is 1. The lowest BCUT2D eigenvalue weighted by Gasteiger charge is -2.31. The van der Waals surface area contributed by atoms with Crippen LogP contribution in [-0.2, 0) is 4.79 Å². The molecule has 1 aliphatic rings. The first-order valence-electron chi connectivity index (χ1n) is 10.1. The predicted molar refractivity (Wildman–Crippen MR) is 110 cm³/mol. The second-order valence-electron chi connectivity index (χ2n) is 6.96. The van der Waals surface area contributed by atoms with Gasteiger partial charge in [0.15, 0.2) is 0 Å². The molecule has 0 radical (unpaired) electrons. The van der Waals surface area contributed by atoms with Gasteiger partial charge in [-0.15, -0.1) is 6.58 Å². The third kappa shape index (κ3) is 6.87. The van der Waals surface area contributed by atoms with Crippen molar-refractivity contribution in [1.82, 2.24) is 15.1 Å². The number of carbonyl (C=O) groups excluding carboxylic acids is 1. The lowest BCUT2D eigenvalue weighted by molar-refractivity contribution is -0.118. The van der Waals surface area contributed by atoms with E-state index >= 15 is 0 Å². The van der Waals surface area contributed by atoms with Crippen LogP contribution in [0.4, 0.5) is 0 Å². The number of allylic oxidation sites excluding steroid dienone is 2. The highest BCUT2D eigenvalue weighted by atomic mass is 16.1. The van der Waals surface area contributed by atoms with Crippen LogP contribution in [0.3, 0.4) is 0 Å². The number of unbranched alkanes of at least 4 members (excludes halogenated alkanes) is 4. The van der Waals surface area contributed by atoms with Crippen molar-refractivity contribution in [2.24, 2.45) is 5.73 Å². The minimum absolute atomic E-state index is 0.0312. The standard InChI is InChI=1S/C21H38N4O/c1-5-9-11-13-18-19(14-12-10-6-2)25(17-24(18)16-20(22)26)21(8-4)23-15-7-3/h7-8,21,23H,3-6,9-17H2,1-2H3,(H2,22,26). The van der Waals surface area contributed by atoms with E-state index < -0.39 is 0 Å². The van der Waals surface area contributed by atoms with E-state index in [9.17, 15) is 4.79 Å². The van der Waals surface area contributed by atoms with Crippen LogP contribution in [0.2, 0.25) is 0 Å². The highest BCUT2D eigenvalue weighted by molar-refractivity contribution is 5.76. The zero-order chi connectivity index (χ0) is 19.4. The average molecular weight is 363 g/mol. The molecule has 0 aromatic carbocycles. The summed E-state index contributed by atoms with van der Waals surface area (Å²) in [4.78, 5) is 16.1. The van der Waals surface area contributed by atoms with Gasteiger partial charge < -0.3 is 15.5 Å². The van der Waals surface area contributed by atoms with Gasteiger partial charge in [-0.1, -0.05) is 58.3 Å². The van der Waals surface area contributed by atoms with Crippen LogP contribution in [0.15, 0.2) is 36.7 Å². The van der Waals surface area contributed by atoms with Crippen molar-refractivity contribution >= 4 is 5.91 Å². The highest BCUT2D eigenvalue weighted by Crippen LogP contribution is 2.32. The summed E-state index contributed by atoms with van der Waals surface area (Å²) in [5.74, 6) is -0.276. The average Bonchev–Trinajstić information content (AvgIpc) is 2.93. The zero-order valence-electron chi connectivity index (χ0n) is 16.8. The normalized spacial score (nSPS) is 15.5. The number of carbonyl (C=O) groups is 1. The van der Waals surface area contributed by atoms with E-state index in [1.165, 1.54) is 37.1 Å². The molecule has 3 N–H and O–H groups in total. The second-order valence-corrected chi connectivity index (χ2v) is 6.96. The van der Waals surface area contributed by atoms with E-state index in [0.717, 1.165) is 32.2 Å². The SMILES string of the molecule is C=CCNC(C=C)N1CN(CC(N)=O)C(CCCCC)=C1CCCCC. The number of hydrogen-bond acceptors (Lipinski definition) is 4. The van der Waals surface area contributed by atoms with Gasteiger partial charge in [-0.05, 0) is 25.7 Å². The van der Waals surface area contributed by atoms with E-state index in [2.05, 4.69) is 42.1 Å². The van der Waals surface area contributed by atoms with E-state index in [1.807, 2.05) is 12.2 Å². The molecule has 0 aromatic heterocycles. The molecule has 1 heterocycles. The van der Waals surface area contributed by atoms with Crippen molar-refractivity contribution in [3.05, 3.63) is 36.7 Å². The van der Waals surface area contributed by atoms with Gasteiger partial charge in [0.25, 0.3) is 0 Å². The molecule has 0 bridgehead atoms. The summed E-state index contributed by atoms with van der Waals surface area (Å²) < 4.78 is 0. The predicted octanol–water partition coefficient (Wildman–Crippen LogP) is 3.71.